The van der Waals surface area contributed by atoms with Crippen molar-refractivity contribution in [3.05, 3.63) is 40.0 Å². The van der Waals surface area contributed by atoms with Crippen LogP contribution >= 0.6 is 27.7 Å². The van der Waals surface area contributed by atoms with Crippen LogP contribution in [0.15, 0.2) is 38.7 Å². The molecular formula is C12H13BrN4S. The standard InChI is InChI=1S/C12H13BrN4S/c1-7-10(11(14)15)12(17(2)16-7)18-9-5-3-4-8(13)6-9/h3-6H,1-2H3,(H3,14,15). The smallest absolute Gasteiger partial charge is 0.127 e. The van der Waals surface area contributed by atoms with E-state index in [9.17, 15) is 0 Å². The van der Waals surface area contributed by atoms with Gasteiger partial charge in [0.05, 0.1) is 11.3 Å². The predicted octanol–water partition coefficient (Wildman–Crippen LogP) is 2.93. The molecule has 0 aliphatic carbocycles. The van der Waals surface area contributed by atoms with Gasteiger partial charge in [0.1, 0.15) is 10.9 Å². The molecule has 1 aromatic carbocycles. The van der Waals surface area contributed by atoms with Crippen LogP contribution in [0.25, 0.3) is 0 Å². The zero-order valence-corrected chi connectivity index (χ0v) is 12.5. The molecule has 1 aromatic heterocycles. The summed E-state index contributed by atoms with van der Waals surface area (Å²) in [4.78, 5) is 1.08. The van der Waals surface area contributed by atoms with Gasteiger partial charge in [0.25, 0.3) is 0 Å². The van der Waals surface area contributed by atoms with Crippen LogP contribution in [-0.2, 0) is 7.05 Å². The molecule has 0 unspecified atom stereocenters. The van der Waals surface area contributed by atoms with E-state index in [2.05, 4.69) is 21.0 Å². The van der Waals surface area contributed by atoms with Crippen molar-refractivity contribution in [1.82, 2.24) is 9.78 Å². The van der Waals surface area contributed by atoms with E-state index in [0.717, 1.165) is 20.1 Å². The average molecular weight is 325 g/mol. The van der Waals surface area contributed by atoms with Gasteiger partial charge in [-0.05, 0) is 25.1 Å². The van der Waals surface area contributed by atoms with E-state index >= 15 is 0 Å². The molecule has 18 heavy (non-hydrogen) atoms. The number of hydrogen-bond acceptors (Lipinski definition) is 3. The fourth-order valence-corrected chi connectivity index (χ4v) is 3.35. The topological polar surface area (TPSA) is 67.7 Å². The van der Waals surface area contributed by atoms with Gasteiger partial charge >= 0.3 is 0 Å². The predicted molar refractivity (Wildman–Crippen MR) is 77.2 cm³/mol. The van der Waals surface area contributed by atoms with Gasteiger partial charge in [-0.3, -0.25) is 10.1 Å². The molecule has 2 aromatic rings. The number of aromatic nitrogens is 2. The zero-order chi connectivity index (χ0) is 13.3. The second-order valence-electron chi connectivity index (χ2n) is 3.86. The molecule has 0 radical (unpaired) electrons. The Morgan fingerprint density at radius 2 is 2.22 bits per heavy atom. The maximum Gasteiger partial charge on any atom is 0.127 e. The number of halogens is 1. The van der Waals surface area contributed by atoms with E-state index in [1.165, 1.54) is 0 Å². The highest BCUT2D eigenvalue weighted by atomic mass is 79.9. The summed E-state index contributed by atoms with van der Waals surface area (Å²) < 4.78 is 2.79. The number of hydrogen-bond donors (Lipinski definition) is 2. The van der Waals surface area contributed by atoms with E-state index in [1.54, 1.807) is 16.4 Å². The van der Waals surface area contributed by atoms with Crippen molar-refractivity contribution in [2.75, 3.05) is 0 Å². The van der Waals surface area contributed by atoms with Crippen molar-refractivity contribution in [3.63, 3.8) is 0 Å². The first kappa shape index (κ1) is 13.2. The van der Waals surface area contributed by atoms with E-state index in [1.807, 2.05) is 38.2 Å². The third kappa shape index (κ3) is 2.59. The molecule has 0 atom stereocenters. The van der Waals surface area contributed by atoms with Gasteiger partial charge in [0, 0.05) is 16.4 Å². The van der Waals surface area contributed by atoms with Gasteiger partial charge in [-0.15, -0.1) is 0 Å². The quantitative estimate of drug-likeness (QED) is 0.673. The van der Waals surface area contributed by atoms with Gasteiger partial charge in [0.15, 0.2) is 0 Å². The van der Waals surface area contributed by atoms with Gasteiger partial charge in [-0.25, -0.2) is 0 Å². The van der Waals surface area contributed by atoms with E-state index in [0.29, 0.717) is 5.56 Å². The number of aryl methyl sites for hydroxylation is 2. The zero-order valence-electron chi connectivity index (χ0n) is 10.1. The summed E-state index contributed by atoms with van der Waals surface area (Å²) in [5.74, 6) is 0.0538. The molecule has 3 N–H and O–H groups in total. The molecule has 0 saturated heterocycles. The first-order chi connectivity index (χ1) is 8.49. The van der Waals surface area contributed by atoms with Crippen molar-refractivity contribution in [1.29, 1.82) is 5.41 Å². The Balaban J connectivity index is 2.43. The number of benzene rings is 1. The van der Waals surface area contributed by atoms with E-state index < -0.39 is 0 Å². The average Bonchev–Trinajstić information content (AvgIpc) is 2.53. The number of nitrogen functional groups attached to an aromatic ring is 1. The highest BCUT2D eigenvalue weighted by molar-refractivity contribution is 9.10. The molecule has 0 aliphatic rings. The summed E-state index contributed by atoms with van der Waals surface area (Å²) in [5, 5.41) is 12.8. The van der Waals surface area contributed by atoms with Gasteiger partial charge in [0.2, 0.25) is 0 Å². The van der Waals surface area contributed by atoms with Crippen LogP contribution < -0.4 is 5.73 Å². The number of nitrogens with zero attached hydrogens (tertiary/aromatic N) is 2. The number of nitrogens with one attached hydrogen (secondary N) is 1. The summed E-state index contributed by atoms with van der Waals surface area (Å²) in [5.41, 5.74) is 7.11. The lowest BCUT2D eigenvalue weighted by atomic mass is 10.2. The minimum atomic E-state index is 0.0538. The van der Waals surface area contributed by atoms with Crippen LogP contribution in [0.5, 0.6) is 0 Å². The second kappa shape index (κ2) is 5.16. The van der Waals surface area contributed by atoms with Crippen LogP contribution in [0.1, 0.15) is 11.3 Å². The summed E-state index contributed by atoms with van der Waals surface area (Å²) in [6.07, 6.45) is 0. The first-order valence-corrected chi connectivity index (χ1v) is 6.91. The fourth-order valence-electron chi connectivity index (χ4n) is 1.71. The van der Waals surface area contributed by atoms with Gasteiger partial charge in [-0.2, -0.15) is 5.10 Å². The first-order valence-electron chi connectivity index (χ1n) is 5.30. The summed E-state index contributed by atoms with van der Waals surface area (Å²) in [6.45, 7) is 1.86. The molecule has 0 amide bonds. The summed E-state index contributed by atoms with van der Waals surface area (Å²) in [6, 6.07) is 7.99. The third-order valence-electron chi connectivity index (χ3n) is 2.45. The van der Waals surface area contributed by atoms with Gasteiger partial charge < -0.3 is 5.73 Å². The summed E-state index contributed by atoms with van der Waals surface area (Å²) in [7, 11) is 1.86. The van der Waals surface area contributed by atoms with Crippen molar-refractivity contribution in [3.8, 4) is 0 Å². The molecule has 1 heterocycles. The molecule has 0 bridgehead atoms. The van der Waals surface area contributed by atoms with Crippen LogP contribution in [-0.4, -0.2) is 15.6 Å². The largest absolute Gasteiger partial charge is 0.384 e. The van der Waals surface area contributed by atoms with E-state index in [4.69, 9.17) is 11.1 Å². The molecular weight excluding hydrogens is 312 g/mol. The second-order valence-corrected chi connectivity index (χ2v) is 5.84. The van der Waals surface area contributed by atoms with Crippen LogP contribution in [0.2, 0.25) is 0 Å². The molecule has 0 fully saturated rings. The highest BCUT2D eigenvalue weighted by Gasteiger charge is 2.16. The minimum Gasteiger partial charge on any atom is -0.384 e. The maximum atomic E-state index is 7.64. The normalized spacial score (nSPS) is 10.6. The van der Waals surface area contributed by atoms with Crippen molar-refractivity contribution >= 4 is 33.5 Å². The Labute approximate surface area is 118 Å². The van der Waals surface area contributed by atoms with Crippen LogP contribution in [0, 0.1) is 12.3 Å². The number of amidine groups is 1. The van der Waals surface area contributed by atoms with Crippen molar-refractivity contribution in [2.45, 2.75) is 16.8 Å². The Morgan fingerprint density at radius 3 is 2.83 bits per heavy atom. The maximum absolute atomic E-state index is 7.64. The number of nitrogens with two attached hydrogens (primary N) is 1. The third-order valence-corrected chi connectivity index (χ3v) is 4.09. The molecule has 94 valence electrons. The minimum absolute atomic E-state index is 0.0538. The number of rotatable bonds is 3. The lowest BCUT2D eigenvalue weighted by molar-refractivity contribution is 0.692. The Bertz CT molecular complexity index is 606. The van der Waals surface area contributed by atoms with Gasteiger partial charge in [-0.1, -0.05) is 33.8 Å². The molecule has 4 nitrogen and oxygen atoms in total. The molecule has 6 heteroatoms. The Kier molecular flexibility index (Phi) is 3.77. The molecule has 2 rings (SSSR count). The Hall–Kier alpha value is -1.27. The highest BCUT2D eigenvalue weighted by Crippen LogP contribution is 2.32. The summed E-state index contributed by atoms with van der Waals surface area (Å²) >= 11 is 5.00. The van der Waals surface area contributed by atoms with Crippen molar-refractivity contribution < 1.29 is 0 Å². The van der Waals surface area contributed by atoms with Crippen LogP contribution in [0.4, 0.5) is 0 Å². The molecule has 0 spiro atoms. The lowest BCUT2D eigenvalue weighted by Gasteiger charge is -2.05. The molecule has 0 aliphatic heterocycles. The fraction of sp³-hybridized carbons (Fsp3) is 0.167. The lowest BCUT2D eigenvalue weighted by Crippen LogP contribution is -2.13. The van der Waals surface area contributed by atoms with E-state index in [-0.39, 0.29) is 5.84 Å². The van der Waals surface area contributed by atoms with Crippen molar-refractivity contribution in [2.24, 2.45) is 12.8 Å². The monoisotopic (exact) mass is 324 g/mol. The molecule has 0 saturated carbocycles. The SMILES string of the molecule is Cc1nn(C)c(Sc2cccc(Br)c2)c1C(=N)N. The Morgan fingerprint density at radius 1 is 1.50 bits per heavy atom. The van der Waals surface area contributed by atoms with Crippen LogP contribution in [0.3, 0.4) is 0 Å².